The maximum Gasteiger partial charge on any atom is 0.219 e. The Hall–Kier alpha value is -4.00. The second kappa shape index (κ2) is 9.95. The number of fused-ring (bicyclic) bond motifs is 4. The van der Waals surface area contributed by atoms with Gasteiger partial charge < -0.3 is 24.8 Å². The topological polar surface area (TPSA) is 79.7 Å². The molecule has 2 unspecified atom stereocenters. The van der Waals surface area contributed by atoms with Gasteiger partial charge in [0.25, 0.3) is 0 Å². The Balaban J connectivity index is 1.60. The molecule has 4 heterocycles. The van der Waals surface area contributed by atoms with Crippen LogP contribution in [0.5, 0.6) is 11.6 Å². The summed E-state index contributed by atoms with van der Waals surface area (Å²) in [4.78, 5) is 11.5. The summed E-state index contributed by atoms with van der Waals surface area (Å²) in [5, 5.41) is 15.7. The fraction of sp³-hybridized carbons (Fsp3) is 0.333. The maximum atomic E-state index is 16.7. The zero-order valence-corrected chi connectivity index (χ0v) is 21.7. The second-order valence-electron chi connectivity index (χ2n) is 10.1. The molecule has 0 aliphatic carbocycles. The number of phenols is 1. The number of halogens is 2. The van der Waals surface area contributed by atoms with E-state index in [1.165, 1.54) is 24.3 Å². The van der Waals surface area contributed by atoms with Crippen molar-refractivity contribution in [3.8, 4) is 35.2 Å². The van der Waals surface area contributed by atoms with Crippen LogP contribution < -0.4 is 15.0 Å². The number of nitrogens with zero attached hydrogens (tertiary/aromatic N) is 3. The van der Waals surface area contributed by atoms with Crippen LogP contribution in [0.25, 0.3) is 32.8 Å². The van der Waals surface area contributed by atoms with E-state index in [9.17, 15) is 9.50 Å². The first kappa shape index (κ1) is 25.3. The number of aromatic nitrogens is 2. The molecule has 2 aromatic carbocycles. The van der Waals surface area contributed by atoms with Crippen molar-refractivity contribution in [1.82, 2.24) is 15.3 Å². The molecule has 2 fully saturated rings. The lowest BCUT2D eigenvalue weighted by Gasteiger charge is -2.34. The first-order chi connectivity index (χ1) is 18.9. The van der Waals surface area contributed by atoms with Crippen molar-refractivity contribution in [3.05, 3.63) is 53.2 Å². The van der Waals surface area contributed by atoms with E-state index in [1.54, 1.807) is 20.2 Å². The smallest absolute Gasteiger partial charge is 0.219 e. The van der Waals surface area contributed by atoms with Gasteiger partial charge >= 0.3 is 0 Å². The Kier molecular flexibility index (Phi) is 6.45. The summed E-state index contributed by atoms with van der Waals surface area (Å²) in [7, 11) is 1.58. The van der Waals surface area contributed by atoms with E-state index in [2.05, 4.69) is 21.1 Å². The van der Waals surface area contributed by atoms with Crippen molar-refractivity contribution in [3.63, 3.8) is 0 Å². The highest BCUT2D eigenvalue weighted by molar-refractivity contribution is 6.04. The standard InChI is InChI=1S/C30H28F2N4O3/c1-4-21-24(31)8-5-17-11-20(37)12-22(26(17)21)28-27(32)25-16(2)30(39-10-9-38-3)35-29(23(25)13-33-28)36-14-18-6-7-19(15-36)34-18/h1,5,8,11-13,18-19,34,37H,6-7,9-10,14-15H2,2-3H3. The van der Waals surface area contributed by atoms with E-state index in [-0.39, 0.29) is 29.2 Å². The number of ether oxygens (including phenoxy) is 2. The van der Waals surface area contributed by atoms with Gasteiger partial charge in [0.15, 0.2) is 5.82 Å². The van der Waals surface area contributed by atoms with Crippen LogP contribution in [0.2, 0.25) is 0 Å². The molecule has 9 heteroatoms. The third-order valence-corrected chi connectivity index (χ3v) is 7.66. The molecule has 2 aliphatic heterocycles. The zero-order chi connectivity index (χ0) is 27.3. The Morgan fingerprint density at radius 2 is 1.92 bits per heavy atom. The highest BCUT2D eigenvalue weighted by Gasteiger charge is 2.34. The van der Waals surface area contributed by atoms with Gasteiger partial charge in [-0.05, 0) is 43.4 Å². The molecule has 6 rings (SSSR count). The minimum absolute atomic E-state index is 0.0178. The molecule has 0 amide bonds. The second-order valence-corrected chi connectivity index (χ2v) is 10.1. The normalized spacial score (nSPS) is 18.6. The third kappa shape index (κ3) is 4.30. The summed E-state index contributed by atoms with van der Waals surface area (Å²) in [5.41, 5.74) is 0.651. The quantitative estimate of drug-likeness (QED) is 0.277. The Morgan fingerprint density at radius 1 is 1.15 bits per heavy atom. The molecular formula is C30H28F2N4O3. The third-order valence-electron chi connectivity index (χ3n) is 7.66. The fourth-order valence-electron chi connectivity index (χ4n) is 5.88. The predicted octanol–water partition coefficient (Wildman–Crippen LogP) is 4.69. The molecule has 0 radical (unpaired) electrons. The van der Waals surface area contributed by atoms with E-state index in [0.717, 1.165) is 25.9 Å². The first-order valence-corrected chi connectivity index (χ1v) is 12.9. The van der Waals surface area contributed by atoms with Crippen molar-refractivity contribution in [1.29, 1.82) is 0 Å². The van der Waals surface area contributed by atoms with Gasteiger partial charge in [0, 0.05) is 65.8 Å². The van der Waals surface area contributed by atoms with E-state index in [4.69, 9.17) is 20.9 Å². The van der Waals surface area contributed by atoms with Gasteiger partial charge in [-0.2, -0.15) is 4.98 Å². The van der Waals surface area contributed by atoms with Gasteiger partial charge in [-0.25, -0.2) is 8.78 Å². The highest BCUT2D eigenvalue weighted by atomic mass is 19.1. The van der Waals surface area contributed by atoms with Gasteiger partial charge in [0.1, 0.15) is 29.7 Å². The Morgan fingerprint density at radius 3 is 2.64 bits per heavy atom. The number of phenolic OH excluding ortho intramolecular Hbond substituents is 1. The summed E-state index contributed by atoms with van der Waals surface area (Å²) in [6.45, 7) is 3.84. The van der Waals surface area contributed by atoms with E-state index < -0.39 is 11.6 Å². The van der Waals surface area contributed by atoms with Gasteiger partial charge in [0.2, 0.25) is 5.88 Å². The predicted molar refractivity (Wildman–Crippen MR) is 146 cm³/mol. The lowest BCUT2D eigenvalue weighted by atomic mass is 9.95. The summed E-state index contributed by atoms with van der Waals surface area (Å²) in [5.74, 6) is 1.96. The van der Waals surface area contributed by atoms with Crippen molar-refractivity contribution in [2.24, 2.45) is 0 Å². The Labute approximate surface area is 224 Å². The molecule has 2 saturated heterocycles. The molecule has 2 atom stereocenters. The molecule has 4 aromatic rings. The average Bonchev–Trinajstić information content (AvgIpc) is 3.27. The number of hydrogen-bond donors (Lipinski definition) is 2. The van der Waals surface area contributed by atoms with Crippen LogP contribution in [0.1, 0.15) is 24.0 Å². The number of methoxy groups -OCH3 is 1. The molecule has 2 aromatic heterocycles. The summed E-state index contributed by atoms with van der Waals surface area (Å²) < 4.78 is 42.4. The molecule has 39 heavy (non-hydrogen) atoms. The highest BCUT2D eigenvalue weighted by Crippen LogP contribution is 2.41. The van der Waals surface area contributed by atoms with Crippen LogP contribution in [0.4, 0.5) is 14.6 Å². The van der Waals surface area contributed by atoms with Crippen LogP contribution in [-0.2, 0) is 4.74 Å². The van der Waals surface area contributed by atoms with Gasteiger partial charge in [-0.15, -0.1) is 6.42 Å². The largest absolute Gasteiger partial charge is 0.508 e. The van der Waals surface area contributed by atoms with Crippen LogP contribution in [0, 0.1) is 30.9 Å². The number of aryl methyl sites for hydroxylation is 1. The number of anilines is 1. The number of hydrogen-bond acceptors (Lipinski definition) is 7. The Bertz CT molecular complexity index is 1640. The molecule has 200 valence electrons. The number of pyridine rings is 2. The molecule has 7 nitrogen and oxygen atoms in total. The van der Waals surface area contributed by atoms with Crippen molar-refractivity contribution < 1.29 is 23.4 Å². The number of rotatable bonds is 6. The molecule has 2 N–H and O–H groups in total. The molecule has 2 bridgehead atoms. The lowest BCUT2D eigenvalue weighted by molar-refractivity contribution is 0.143. The lowest BCUT2D eigenvalue weighted by Crippen LogP contribution is -2.51. The monoisotopic (exact) mass is 530 g/mol. The fourth-order valence-corrected chi connectivity index (χ4v) is 5.88. The number of benzene rings is 2. The summed E-state index contributed by atoms with van der Waals surface area (Å²) in [6, 6.07) is 6.24. The molecule has 0 spiro atoms. The van der Waals surface area contributed by atoms with E-state index in [0.29, 0.717) is 57.5 Å². The minimum atomic E-state index is -0.623. The first-order valence-electron chi connectivity index (χ1n) is 12.9. The summed E-state index contributed by atoms with van der Waals surface area (Å²) >= 11 is 0. The number of aromatic hydroxyl groups is 1. The number of nitrogens with one attached hydrogen (secondary N) is 1. The molecule has 0 saturated carbocycles. The van der Waals surface area contributed by atoms with E-state index in [1.807, 2.05) is 0 Å². The average molecular weight is 531 g/mol. The number of terminal acetylenes is 1. The van der Waals surface area contributed by atoms with Gasteiger partial charge in [0.05, 0.1) is 12.2 Å². The summed E-state index contributed by atoms with van der Waals surface area (Å²) in [6.07, 6.45) is 9.41. The zero-order valence-electron chi connectivity index (χ0n) is 21.7. The van der Waals surface area contributed by atoms with Gasteiger partial charge in [-0.3, -0.25) is 4.98 Å². The van der Waals surface area contributed by atoms with Crippen LogP contribution >= 0.6 is 0 Å². The van der Waals surface area contributed by atoms with Crippen LogP contribution in [0.15, 0.2) is 30.5 Å². The van der Waals surface area contributed by atoms with Crippen molar-refractivity contribution >= 4 is 27.4 Å². The SMILES string of the molecule is C#Cc1c(F)ccc2cc(O)cc(-c3ncc4c(N5CC6CCC(C5)N6)nc(OCCOC)c(C)c4c3F)c12. The van der Waals surface area contributed by atoms with Gasteiger partial charge in [-0.1, -0.05) is 12.0 Å². The minimum Gasteiger partial charge on any atom is -0.508 e. The van der Waals surface area contributed by atoms with E-state index >= 15 is 4.39 Å². The molecule has 2 aliphatic rings. The van der Waals surface area contributed by atoms with Crippen molar-refractivity contribution in [2.45, 2.75) is 31.8 Å². The van der Waals surface area contributed by atoms with Crippen molar-refractivity contribution in [2.75, 3.05) is 38.3 Å². The van der Waals surface area contributed by atoms with Crippen LogP contribution in [0.3, 0.4) is 0 Å². The number of piperazine rings is 1. The maximum absolute atomic E-state index is 16.7. The van der Waals surface area contributed by atoms with Crippen LogP contribution in [-0.4, -0.2) is 60.6 Å². The molecular weight excluding hydrogens is 502 g/mol.